The molecular weight excluding hydrogens is 356 g/mol. The average molecular weight is 381 g/mol. The average Bonchev–Trinajstić information content (AvgIpc) is 3.15. The number of anilines is 1. The Balaban J connectivity index is 1.60. The molecule has 5 nitrogen and oxygen atoms in total. The molecule has 140 valence electrons. The third kappa shape index (κ3) is 5.44. The molecule has 3 aromatic rings. The van der Waals surface area contributed by atoms with Crippen molar-refractivity contribution in [2.75, 3.05) is 11.1 Å². The second-order valence-electron chi connectivity index (χ2n) is 6.26. The highest BCUT2D eigenvalue weighted by Crippen LogP contribution is 2.27. The molecule has 1 aromatic heterocycles. The lowest BCUT2D eigenvalue weighted by Crippen LogP contribution is -2.15. The smallest absolute Gasteiger partial charge is 0.234 e. The number of aryl methyl sites for hydroxylation is 1. The molecule has 0 unspecified atom stereocenters. The number of benzene rings is 2. The van der Waals surface area contributed by atoms with Crippen LogP contribution in [0.4, 0.5) is 5.69 Å². The summed E-state index contributed by atoms with van der Waals surface area (Å²) >= 11 is 1.42. The SMILES string of the molecule is CCCCCn1cnnc1SCC(=O)Nc1ccccc1-c1ccccc1. The van der Waals surface area contributed by atoms with Gasteiger partial charge in [-0.2, -0.15) is 0 Å². The summed E-state index contributed by atoms with van der Waals surface area (Å²) in [5.41, 5.74) is 2.91. The van der Waals surface area contributed by atoms with Crippen molar-refractivity contribution < 1.29 is 4.79 Å². The Morgan fingerprint density at radius 3 is 2.67 bits per heavy atom. The summed E-state index contributed by atoms with van der Waals surface area (Å²) in [6.07, 6.45) is 5.19. The van der Waals surface area contributed by atoms with E-state index >= 15 is 0 Å². The van der Waals surface area contributed by atoms with Gasteiger partial charge in [0.2, 0.25) is 5.91 Å². The molecule has 27 heavy (non-hydrogen) atoms. The first kappa shape index (κ1) is 19.2. The zero-order valence-electron chi connectivity index (χ0n) is 15.5. The number of thioether (sulfide) groups is 1. The van der Waals surface area contributed by atoms with Gasteiger partial charge in [-0.25, -0.2) is 0 Å². The number of hydrogen-bond acceptors (Lipinski definition) is 4. The number of amides is 1. The number of rotatable bonds is 9. The summed E-state index contributed by atoms with van der Waals surface area (Å²) in [4.78, 5) is 12.5. The molecule has 0 radical (unpaired) electrons. The number of para-hydroxylation sites is 1. The summed E-state index contributed by atoms with van der Waals surface area (Å²) in [6, 6.07) is 17.9. The largest absolute Gasteiger partial charge is 0.325 e. The zero-order valence-corrected chi connectivity index (χ0v) is 16.3. The molecule has 1 heterocycles. The molecule has 2 aromatic carbocycles. The summed E-state index contributed by atoms with van der Waals surface area (Å²) in [5, 5.41) is 11.9. The van der Waals surface area contributed by atoms with Crippen LogP contribution in [-0.4, -0.2) is 26.4 Å². The van der Waals surface area contributed by atoms with Crippen molar-refractivity contribution in [3.63, 3.8) is 0 Å². The van der Waals surface area contributed by atoms with Crippen LogP contribution in [0.25, 0.3) is 11.1 Å². The predicted molar refractivity (Wildman–Crippen MR) is 111 cm³/mol. The number of carbonyl (C=O) groups is 1. The van der Waals surface area contributed by atoms with Crippen LogP contribution >= 0.6 is 11.8 Å². The molecule has 0 aliphatic carbocycles. The van der Waals surface area contributed by atoms with Gasteiger partial charge in [-0.1, -0.05) is 80.1 Å². The summed E-state index contributed by atoms with van der Waals surface area (Å²) < 4.78 is 2.02. The van der Waals surface area contributed by atoms with E-state index in [0.717, 1.165) is 34.9 Å². The van der Waals surface area contributed by atoms with Gasteiger partial charge in [-0.15, -0.1) is 10.2 Å². The maximum atomic E-state index is 12.5. The Kier molecular flexibility index (Phi) is 7.04. The fourth-order valence-corrected chi connectivity index (χ4v) is 3.56. The Hall–Kier alpha value is -2.60. The van der Waals surface area contributed by atoms with E-state index in [2.05, 4.69) is 22.4 Å². The van der Waals surface area contributed by atoms with Crippen molar-refractivity contribution in [2.45, 2.75) is 37.9 Å². The number of aromatic nitrogens is 3. The van der Waals surface area contributed by atoms with Crippen LogP contribution in [0, 0.1) is 0 Å². The van der Waals surface area contributed by atoms with Crippen molar-refractivity contribution >= 4 is 23.4 Å². The molecule has 3 rings (SSSR count). The molecule has 1 amide bonds. The molecule has 0 bridgehead atoms. The van der Waals surface area contributed by atoms with Crippen molar-refractivity contribution in [2.24, 2.45) is 0 Å². The predicted octanol–water partition coefficient (Wildman–Crippen LogP) is 4.87. The van der Waals surface area contributed by atoms with E-state index in [1.54, 1.807) is 6.33 Å². The highest BCUT2D eigenvalue weighted by atomic mass is 32.2. The van der Waals surface area contributed by atoms with E-state index in [0.29, 0.717) is 5.75 Å². The van der Waals surface area contributed by atoms with Crippen molar-refractivity contribution in [3.05, 3.63) is 60.9 Å². The topological polar surface area (TPSA) is 59.8 Å². The molecule has 0 saturated heterocycles. The van der Waals surface area contributed by atoms with Gasteiger partial charge in [0.25, 0.3) is 0 Å². The lowest BCUT2D eigenvalue weighted by Gasteiger charge is -2.11. The Bertz CT molecular complexity index is 863. The second-order valence-corrected chi connectivity index (χ2v) is 7.20. The van der Waals surface area contributed by atoms with Crippen LogP contribution in [0.1, 0.15) is 26.2 Å². The fourth-order valence-electron chi connectivity index (χ4n) is 2.82. The first-order chi connectivity index (χ1) is 13.3. The zero-order chi connectivity index (χ0) is 18.9. The molecule has 0 spiro atoms. The van der Waals surface area contributed by atoms with Crippen molar-refractivity contribution in [1.82, 2.24) is 14.8 Å². The maximum absolute atomic E-state index is 12.5. The first-order valence-electron chi connectivity index (χ1n) is 9.23. The quantitative estimate of drug-likeness (QED) is 0.425. The van der Waals surface area contributed by atoms with Crippen molar-refractivity contribution in [1.29, 1.82) is 0 Å². The minimum Gasteiger partial charge on any atom is -0.325 e. The Morgan fingerprint density at radius 2 is 1.85 bits per heavy atom. The van der Waals surface area contributed by atoms with E-state index in [9.17, 15) is 4.79 Å². The van der Waals surface area contributed by atoms with Crippen LogP contribution in [0.15, 0.2) is 66.1 Å². The Labute approximate surface area is 164 Å². The van der Waals surface area contributed by atoms with Gasteiger partial charge in [-0.05, 0) is 18.1 Å². The monoisotopic (exact) mass is 380 g/mol. The van der Waals surface area contributed by atoms with E-state index in [-0.39, 0.29) is 5.91 Å². The van der Waals surface area contributed by atoms with E-state index in [1.165, 1.54) is 24.6 Å². The van der Waals surface area contributed by atoms with Gasteiger partial charge in [-0.3, -0.25) is 4.79 Å². The Morgan fingerprint density at radius 1 is 1.07 bits per heavy atom. The van der Waals surface area contributed by atoms with Crippen molar-refractivity contribution in [3.8, 4) is 11.1 Å². The van der Waals surface area contributed by atoms with Crippen LogP contribution in [-0.2, 0) is 11.3 Å². The van der Waals surface area contributed by atoms with Crippen LogP contribution in [0.2, 0.25) is 0 Å². The first-order valence-corrected chi connectivity index (χ1v) is 10.2. The van der Waals surface area contributed by atoms with Gasteiger partial charge in [0, 0.05) is 17.8 Å². The van der Waals surface area contributed by atoms with Gasteiger partial charge < -0.3 is 9.88 Å². The number of hydrogen-bond donors (Lipinski definition) is 1. The fraction of sp³-hybridized carbons (Fsp3) is 0.286. The molecule has 0 aliphatic heterocycles. The van der Waals surface area contributed by atoms with Gasteiger partial charge in [0.1, 0.15) is 6.33 Å². The normalized spacial score (nSPS) is 10.7. The minimum atomic E-state index is -0.0495. The minimum absolute atomic E-state index is 0.0495. The van der Waals surface area contributed by atoms with Crippen LogP contribution < -0.4 is 5.32 Å². The molecular formula is C21H24N4OS. The standard InChI is InChI=1S/C21H24N4OS/c1-2-3-9-14-25-16-22-24-21(25)27-15-20(26)23-19-13-8-7-12-18(19)17-10-5-4-6-11-17/h4-8,10-13,16H,2-3,9,14-15H2,1H3,(H,23,26). The highest BCUT2D eigenvalue weighted by molar-refractivity contribution is 7.99. The summed E-state index contributed by atoms with van der Waals surface area (Å²) in [5.74, 6) is 0.252. The molecule has 0 fully saturated rings. The number of nitrogens with one attached hydrogen (secondary N) is 1. The van der Waals surface area contributed by atoms with Gasteiger partial charge in [0.05, 0.1) is 5.75 Å². The third-order valence-electron chi connectivity index (χ3n) is 4.20. The van der Waals surface area contributed by atoms with Crippen LogP contribution in [0.3, 0.4) is 0 Å². The molecule has 1 N–H and O–H groups in total. The number of unbranched alkanes of at least 4 members (excludes halogenated alkanes) is 2. The second kappa shape index (κ2) is 9.92. The third-order valence-corrected chi connectivity index (χ3v) is 5.18. The highest BCUT2D eigenvalue weighted by Gasteiger charge is 2.11. The van der Waals surface area contributed by atoms with E-state index < -0.39 is 0 Å². The maximum Gasteiger partial charge on any atom is 0.234 e. The molecule has 0 atom stereocenters. The number of carbonyl (C=O) groups excluding carboxylic acids is 1. The molecule has 0 aliphatic rings. The van der Waals surface area contributed by atoms with E-state index in [4.69, 9.17) is 0 Å². The number of nitrogens with zero attached hydrogens (tertiary/aromatic N) is 3. The van der Waals surface area contributed by atoms with Crippen LogP contribution in [0.5, 0.6) is 0 Å². The van der Waals surface area contributed by atoms with Gasteiger partial charge >= 0.3 is 0 Å². The summed E-state index contributed by atoms with van der Waals surface area (Å²) in [7, 11) is 0. The molecule has 6 heteroatoms. The van der Waals surface area contributed by atoms with E-state index in [1.807, 2.05) is 59.2 Å². The summed E-state index contributed by atoms with van der Waals surface area (Å²) in [6.45, 7) is 3.07. The lowest BCUT2D eigenvalue weighted by atomic mass is 10.0. The molecule has 0 saturated carbocycles. The lowest BCUT2D eigenvalue weighted by molar-refractivity contribution is -0.113. The van der Waals surface area contributed by atoms with Gasteiger partial charge in [0.15, 0.2) is 5.16 Å².